The van der Waals surface area contributed by atoms with Gasteiger partial charge in [0.1, 0.15) is 5.82 Å². The number of piperidine rings is 1. The van der Waals surface area contributed by atoms with E-state index in [0.717, 1.165) is 38.3 Å². The van der Waals surface area contributed by atoms with Crippen molar-refractivity contribution in [3.63, 3.8) is 0 Å². The molecule has 0 radical (unpaired) electrons. The van der Waals surface area contributed by atoms with E-state index < -0.39 is 5.60 Å². The maximum atomic E-state index is 9.95. The average Bonchev–Trinajstić information content (AvgIpc) is 2.31. The molecule has 1 aliphatic heterocycles. The minimum Gasteiger partial charge on any atom is -0.390 e. The van der Waals surface area contributed by atoms with Crippen LogP contribution >= 0.6 is 0 Å². The van der Waals surface area contributed by atoms with Gasteiger partial charge in [0, 0.05) is 31.4 Å². The summed E-state index contributed by atoms with van der Waals surface area (Å²) in [6.45, 7) is 4.49. The Kier molecular flexibility index (Phi) is 3.64. The van der Waals surface area contributed by atoms with E-state index >= 15 is 0 Å². The molecular formula is C13H21N3O. The zero-order valence-corrected chi connectivity index (χ0v) is 10.6. The normalized spacial score (nSPS) is 19.4. The smallest absolute Gasteiger partial charge is 0.133 e. The van der Waals surface area contributed by atoms with Crippen LogP contribution in [0.2, 0.25) is 0 Å². The number of nitrogens with zero attached hydrogens (tertiary/aromatic N) is 2. The van der Waals surface area contributed by atoms with Crippen LogP contribution in [-0.2, 0) is 6.54 Å². The Morgan fingerprint density at radius 3 is 2.82 bits per heavy atom. The molecule has 4 heteroatoms. The molecule has 0 aromatic carbocycles. The molecule has 0 bridgehead atoms. The lowest BCUT2D eigenvalue weighted by Crippen LogP contribution is -2.43. The Hall–Kier alpha value is -1.13. The van der Waals surface area contributed by atoms with Crippen molar-refractivity contribution in [2.45, 2.75) is 31.9 Å². The Bertz CT molecular complexity index is 369. The third-order valence-electron chi connectivity index (χ3n) is 3.37. The van der Waals surface area contributed by atoms with Crippen molar-refractivity contribution in [2.75, 3.05) is 25.0 Å². The monoisotopic (exact) mass is 235 g/mol. The lowest BCUT2D eigenvalue weighted by Gasteiger charge is -2.37. The van der Waals surface area contributed by atoms with Crippen molar-refractivity contribution in [1.29, 1.82) is 0 Å². The summed E-state index contributed by atoms with van der Waals surface area (Å²) < 4.78 is 0. The third kappa shape index (κ3) is 2.96. The Balaban J connectivity index is 2.12. The SMILES string of the molecule is CNCc1cccnc1N1CCC(C)(O)CC1. The Morgan fingerprint density at radius 2 is 2.18 bits per heavy atom. The zero-order valence-electron chi connectivity index (χ0n) is 10.6. The van der Waals surface area contributed by atoms with Gasteiger partial charge in [-0.3, -0.25) is 0 Å². The summed E-state index contributed by atoms with van der Waals surface area (Å²) in [4.78, 5) is 6.74. The van der Waals surface area contributed by atoms with E-state index in [4.69, 9.17) is 0 Å². The number of nitrogens with one attached hydrogen (secondary N) is 1. The molecule has 2 heterocycles. The van der Waals surface area contributed by atoms with E-state index in [-0.39, 0.29) is 0 Å². The molecule has 4 nitrogen and oxygen atoms in total. The fourth-order valence-electron chi connectivity index (χ4n) is 2.24. The number of hydrogen-bond acceptors (Lipinski definition) is 4. The van der Waals surface area contributed by atoms with Gasteiger partial charge in [0.25, 0.3) is 0 Å². The molecule has 94 valence electrons. The van der Waals surface area contributed by atoms with E-state index in [1.165, 1.54) is 5.56 Å². The van der Waals surface area contributed by atoms with E-state index in [2.05, 4.69) is 21.3 Å². The number of pyridine rings is 1. The first kappa shape index (κ1) is 12.3. The topological polar surface area (TPSA) is 48.4 Å². The molecule has 0 aliphatic carbocycles. The molecule has 1 aromatic rings. The highest BCUT2D eigenvalue weighted by Gasteiger charge is 2.28. The van der Waals surface area contributed by atoms with Gasteiger partial charge >= 0.3 is 0 Å². The average molecular weight is 235 g/mol. The van der Waals surface area contributed by atoms with Crippen LogP contribution in [-0.4, -0.2) is 35.8 Å². The van der Waals surface area contributed by atoms with Crippen molar-refractivity contribution in [2.24, 2.45) is 0 Å². The fraction of sp³-hybridized carbons (Fsp3) is 0.615. The summed E-state index contributed by atoms with van der Waals surface area (Å²) >= 11 is 0. The molecule has 1 aliphatic rings. The van der Waals surface area contributed by atoms with Crippen molar-refractivity contribution in [3.8, 4) is 0 Å². The molecule has 1 aromatic heterocycles. The molecule has 0 saturated carbocycles. The van der Waals surface area contributed by atoms with Crippen LogP contribution in [0.5, 0.6) is 0 Å². The fourth-order valence-corrected chi connectivity index (χ4v) is 2.24. The van der Waals surface area contributed by atoms with E-state index in [1.807, 2.05) is 26.2 Å². The van der Waals surface area contributed by atoms with Gasteiger partial charge in [-0.1, -0.05) is 6.07 Å². The minimum absolute atomic E-state index is 0.506. The van der Waals surface area contributed by atoms with Crippen molar-refractivity contribution < 1.29 is 5.11 Å². The summed E-state index contributed by atoms with van der Waals surface area (Å²) in [5.41, 5.74) is 0.714. The first-order valence-electron chi connectivity index (χ1n) is 6.18. The molecule has 1 saturated heterocycles. The Morgan fingerprint density at radius 1 is 1.47 bits per heavy atom. The van der Waals surface area contributed by atoms with Crippen LogP contribution in [0.1, 0.15) is 25.3 Å². The number of hydrogen-bond donors (Lipinski definition) is 2. The molecular weight excluding hydrogens is 214 g/mol. The predicted octanol–water partition coefficient (Wildman–Crippen LogP) is 1.15. The van der Waals surface area contributed by atoms with Crippen molar-refractivity contribution in [1.82, 2.24) is 10.3 Å². The number of aliphatic hydroxyl groups is 1. The van der Waals surface area contributed by atoms with E-state index in [1.54, 1.807) is 0 Å². The maximum absolute atomic E-state index is 9.95. The lowest BCUT2D eigenvalue weighted by atomic mass is 9.93. The van der Waals surface area contributed by atoms with Crippen LogP contribution in [0.25, 0.3) is 0 Å². The number of aromatic nitrogens is 1. The predicted molar refractivity (Wildman–Crippen MR) is 69.1 cm³/mol. The van der Waals surface area contributed by atoms with Crippen LogP contribution in [0.4, 0.5) is 5.82 Å². The third-order valence-corrected chi connectivity index (χ3v) is 3.37. The first-order chi connectivity index (χ1) is 8.12. The van der Waals surface area contributed by atoms with Gasteiger partial charge in [-0.2, -0.15) is 0 Å². The van der Waals surface area contributed by atoms with Gasteiger partial charge in [0.15, 0.2) is 0 Å². The quantitative estimate of drug-likeness (QED) is 0.825. The molecule has 0 amide bonds. The van der Waals surface area contributed by atoms with E-state index in [0.29, 0.717) is 0 Å². The number of anilines is 1. The van der Waals surface area contributed by atoms with E-state index in [9.17, 15) is 5.11 Å². The summed E-state index contributed by atoms with van der Waals surface area (Å²) in [5, 5.41) is 13.1. The van der Waals surface area contributed by atoms with Gasteiger partial charge < -0.3 is 15.3 Å². The van der Waals surface area contributed by atoms with Crippen molar-refractivity contribution >= 4 is 5.82 Å². The first-order valence-corrected chi connectivity index (χ1v) is 6.18. The summed E-state index contributed by atoms with van der Waals surface area (Å²) in [6, 6.07) is 4.07. The maximum Gasteiger partial charge on any atom is 0.133 e. The van der Waals surface area contributed by atoms with Gasteiger partial charge in [-0.05, 0) is 32.9 Å². The lowest BCUT2D eigenvalue weighted by molar-refractivity contribution is 0.0350. The molecule has 1 fully saturated rings. The van der Waals surface area contributed by atoms with Crippen LogP contribution < -0.4 is 10.2 Å². The molecule has 2 N–H and O–H groups in total. The zero-order chi connectivity index (χ0) is 12.3. The second-order valence-electron chi connectivity index (χ2n) is 5.00. The molecule has 0 spiro atoms. The summed E-state index contributed by atoms with van der Waals surface area (Å²) in [6.07, 6.45) is 3.45. The second kappa shape index (κ2) is 5.02. The molecule has 17 heavy (non-hydrogen) atoms. The largest absolute Gasteiger partial charge is 0.390 e. The summed E-state index contributed by atoms with van der Waals surface area (Å²) in [7, 11) is 1.94. The summed E-state index contributed by atoms with van der Waals surface area (Å²) in [5.74, 6) is 1.05. The Labute approximate surface area is 103 Å². The molecule has 0 atom stereocenters. The van der Waals surface area contributed by atoms with Crippen molar-refractivity contribution in [3.05, 3.63) is 23.9 Å². The highest BCUT2D eigenvalue weighted by Crippen LogP contribution is 2.26. The van der Waals surface area contributed by atoms with Crippen LogP contribution in [0, 0.1) is 0 Å². The second-order valence-corrected chi connectivity index (χ2v) is 5.00. The van der Waals surface area contributed by atoms with Gasteiger partial charge in [0.05, 0.1) is 5.60 Å². The van der Waals surface area contributed by atoms with Gasteiger partial charge in [-0.25, -0.2) is 4.98 Å². The standard InChI is InChI=1S/C13H21N3O/c1-13(17)5-8-16(9-6-13)12-11(10-14-2)4-3-7-15-12/h3-4,7,14,17H,5-6,8-10H2,1-2H3. The molecule has 0 unspecified atom stereocenters. The highest BCUT2D eigenvalue weighted by atomic mass is 16.3. The number of rotatable bonds is 3. The van der Waals surface area contributed by atoms with Crippen LogP contribution in [0.3, 0.4) is 0 Å². The van der Waals surface area contributed by atoms with Gasteiger partial charge in [0.2, 0.25) is 0 Å². The highest BCUT2D eigenvalue weighted by molar-refractivity contribution is 5.47. The van der Waals surface area contributed by atoms with Gasteiger partial charge in [-0.15, -0.1) is 0 Å². The minimum atomic E-state index is -0.506. The van der Waals surface area contributed by atoms with Crippen LogP contribution in [0.15, 0.2) is 18.3 Å². The molecule has 2 rings (SSSR count).